The highest BCUT2D eigenvalue weighted by molar-refractivity contribution is 5.79. The molecule has 2 unspecified atom stereocenters. The maximum absolute atomic E-state index is 6.14. The number of nitrogens with zero attached hydrogens (tertiary/aromatic N) is 2. The van der Waals surface area contributed by atoms with Gasteiger partial charge in [-0.15, -0.1) is 0 Å². The maximum Gasteiger partial charge on any atom is 0.191 e. The monoisotopic (exact) mass is 405 g/mol. The van der Waals surface area contributed by atoms with Crippen molar-refractivity contribution in [1.82, 2.24) is 20.6 Å². The number of H-pyrrole nitrogens is 1. The number of guanidine groups is 1. The van der Waals surface area contributed by atoms with Gasteiger partial charge in [-0.1, -0.05) is 42.0 Å². The number of aromatic amines is 1. The third-order valence-electron chi connectivity index (χ3n) is 5.70. The number of benzene rings is 2. The van der Waals surface area contributed by atoms with E-state index in [0.29, 0.717) is 5.92 Å². The molecular weight excluding hydrogens is 374 g/mol. The minimum atomic E-state index is 0.139. The summed E-state index contributed by atoms with van der Waals surface area (Å²) in [5, 5.41) is 6.89. The van der Waals surface area contributed by atoms with Crippen molar-refractivity contribution >= 4 is 17.0 Å². The van der Waals surface area contributed by atoms with Crippen LogP contribution in [-0.2, 0) is 11.2 Å². The van der Waals surface area contributed by atoms with Crippen LogP contribution in [0.15, 0.2) is 53.5 Å². The molecule has 2 atom stereocenters. The second kappa shape index (κ2) is 9.76. The van der Waals surface area contributed by atoms with Crippen LogP contribution >= 0.6 is 0 Å². The van der Waals surface area contributed by atoms with E-state index in [0.717, 1.165) is 61.8 Å². The largest absolute Gasteiger partial charge is 0.373 e. The Kier molecular flexibility index (Phi) is 6.64. The summed E-state index contributed by atoms with van der Waals surface area (Å²) >= 11 is 0. The van der Waals surface area contributed by atoms with E-state index < -0.39 is 0 Å². The molecule has 3 aromatic rings. The number of nitrogens with one attached hydrogen (secondary N) is 3. The fourth-order valence-corrected chi connectivity index (χ4v) is 4.05. The van der Waals surface area contributed by atoms with Crippen molar-refractivity contribution < 1.29 is 4.74 Å². The number of fused-ring (bicyclic) bond motifs is 1. The average molecular weight is 406 g/mol. The van der Waals surface area contributed by atoms with Crippen molar-refractivity contribution in [2.24, 2.45) is 10.9 Å². The average Bonchev–Trinajstić information content (AvgIpc) is 3.20. The van der Waals surface area contributed by atoms with Gasteiger partial charge in [0, 0.05) is 39.1 Å². The number of aliphatic imine (C=N–C) groups is 1. The van der Waals surface area contributed by atoms with Gasteiger partial charge in [0.25, 0.3) is 0 Å². The molecule has 158 valence electrons. The fourth-order valence-electron chi connectivity index (χ4n) is 4.05. The second-order valence-corrected chi connectivity index (χ2v) is 7.93. The van der Waals surface area contributed by atoms with Crippen LogP contribution < -0.4 is 10.6 Å². The van der Waals surface area contributed by atoms with Crippen molar-refractivity contribution in [3.63, 3.8) is 0 Å². The summed E-state index contributed by atoms with van der Waals surface area (Å²) in [7, 11) is 1.81. The lowest BCUT2D eigenvalue weighted by molar-refractivity contribution is -0.0265. The van der Waals surface area contributed by atoms with Gasteiger partial charge in [0.2, 0.25) is 0 Å². The molecule has 0 amide bonds. The predicted octanol–water partition coefficient (Wildman–Crippen LogP) is 3.75. The maximum atomic E-state index is 6.14. The lowest BCUT2D eigenvalue weighted by Crippen LogP contribution is -2.42. The molecule has 1 fully saturated rings. The van der Waals surface area contributed by atoms with Crippen LogP contribution in [0.5, 0.6) is 0 Å². The van der Waals surface area contributed by atoms with E-state index in [1.54, 1.807) is 0 Å². The number of imidazole rings is 1. The Morgan fingerprint density at radius 1 is 1.17 bits per heavy atom. The second-order valence-electron chi connectivity index (χ2n) is 7.93. The molecule has 0 bridgehead atoms. The fraction of sp³-hybridized carbons (Fsp3) is 0.417. The highest BCUT2D eigenvalue weighted by atomic mass is 16.5. The van der Waals surface area contributed by atoms with E-state index in [2.05, 4.69) is 62.8 Å². The van der Waals surface area contributed by atoms with Gasteiger partial charge in [-0.2, -0.15) is 0 Å². The lowest BCUT2D eigenvalue weighted by Gasteiger charge is -2.32. The van der Waals surface area contributed by atoms with E-state index in [1.165, 1.54) is 11.1 Å². The molecule has 3 N–H and O–H groups in total. The Hall–Kier alpha value is -2.86. The molecule has 1 saturated heterocycles. The zero-order valence-electron chi connectivity index (χ0n) is 17.8. The first-order valence-corrected chi connectivity index (χ1v) is 10.8. The minimum Gasteiger partial charge on any atom is -0.373 e. The molecule has 1 aliphatic heterocycles. The van der Waals surface area contributed by atoms with Gasteiger partial charge < -0.3 is 20.4 Å². The number of ether oxygens (including phenoxy) is 1. The normalized spacial score (nSPS) is 19.7. The molecule has 6 nitrogen and oxygen atoms in total. The van der Waals surface area contributed by atoms with Gasteiger partial charge in [-0.05, 0) is 37.5 Å². The molecule has 2 heterocycles. The Bertz CT molecular complexity index is 946. The van der Waals surface area contributed by atoms with Crippen molar-refractivity contribution in [3.05, 3.63) is 65.5 Å². The van der Waals surface area contributed by atoms with E-state index >= 15 is 0 Å². The van der Waals surface area contributed by atoms with Crippen LogP contribution in [0.3, 0.4) is 0 Å². The van der Waals surface area contributed by atoms with Gasteiger partial charge >= 0.3 is 0 Å². The van der Waals surface area contributed by atoms with Gasteiger partial charge in [-0.3, -0.25) is 4.99 Å². The summed E-state index contributed by atoms with van der Waals surface area (Å²) in [5.41, 5.74) is 4.63. The Balaban J connectivity index is 1.29. The molecule has 6 heteroatoms. The third kappa shape index (κ3) is 5.00. The van der Waals surface area contributed by atoms with Crippen molar-refractivity contribution in [2.75, 3.05) is 26.7 Å². The molecule has 0 spiro atoms. The molecule has 2 aromatic carbocycles. The van der Waals surface area contributed by atoms with E-state index in [-0.39, 0.29) is 6.10 Å². The first-order valence-electron chi connectivity index (χ1n) is 10.8. The van der Waals surface area contributed by atoms with Gasteiger partial charge in [0.15, 0.2) is 5.96 Å². The molecule has 1 aliphatic rings. The topological polar surface area (TPSA) is 74.3 Å². The van der Waals surface area contributed by atoms with E-state index in [9.17, 15) is 0 Å². The molecule has 0 aliphatic carbocycles. The smallest absolute Gasteiger partial charge is 0.191 e. The van der Waals surface area contributed by atoms with Crippen LogP contribution in [0, 0.1) is 12.8 Å². The minimum absolute atomic E-state index is 0.139. The highest BCUT2D eigenvalue weighted by Gasteiger charge is 2.27. The molecule has 30 heavy (non-hydrogen) atoms. The lowest BCUT2D eigenvalue weighted by atomic mass is 9.89. The number of para-hydroxylation sites is 2. The number of aryl methyl sites for hydroxylation is 1. The van der Waals surface area contributed by atoms with Crippen LogP contribution in [0.1, 0.15) is 35.9 Å². The van der Waals surface area contributed by atoms with Crippen LogP contribution in [0.4, 0.5) is 0 Å². The summed E-state index contributed by atoms with van der Waals surface area (Å²) in [4.78, 5) is 12.4. The van der Waals surface area contributed by atoms with Crippen LogP contribution in [0.2, 0.25) is 0 Å². The summed E-state index contributed by atoms with van der Waals surface area (Å²) in [6, 6.07) is 16.8. The van der Waals surface area contributed by atoms with Gasteiger partial charge in [-0.25, -0.2) is 4.98 Å². The Morgan fingerprint density at radius 3 is 2.80 bits per heavy atom. The van der Waals surface area contributed by atoms with Crippen LogP contribution in [-0.4, -0.2) is 42.7 Å². The molecule has 1 aromatic heterocycles. The van der Waals surface area contributed by atoms with Crippen molar-refractivity contribution in [2.45, 2.75) is 32.3 Å². The third-order valence-corrected chi connectivity index (χ3v) is 5.70. The SMILES string of the molecule is CN=C(NCCc1nc2ccccc2[nH]1)NCC1CCCOC1c1ccc(C)cc1. The summed E-state index contributed by atoms with van der Waals surface area (Å²) in [5.74, 6) is 2.23. The highest BCUT2D eigenvalue weighted by Crippen LogP contribution is 2.33. The van der Waals surface area contributed by atoms with Crippen LogP contribution in [0.25, 0.3) is 11.0 Å². The zero-order valence-corrected chi connectivity index (χ0v) is 17.8. The molecular formula is C24H31N5O. The van der Waals surface area contributed by atoms with Crippen molar-refractivity contribution in [1.29, 1.82) is 0 Å². The Morgan fingerprint density at radius 2 is 2.00 bits per heavy atom. The number of rotatable bonds is 6. The number of aromatic nitrogens is 2. The first-order chi connectivity index (χ1) is 14.7. The summed E-state index contributed by atoms with van der Waals surface area (Å²) in [6.07, 6.45) is 3.21. The number of hydrogen-bond acceptors (Lipinski definition) is 3. The molecule has 0 saturated carbocycles. The molecule has 0 radical (unpaired) electrons. The zero-order chi connectivity index (χ0) is 20.8. The quantitative estimate of drug-likeness (QED) is 0.431. The summed E-state index contributed by atoms with van der Waals surface area (Å²) in [6.45, 7) is 4.55. The van der Waals surface area contributed by atoms with Gasteiger partial charge in [0.1, 0.15) is 5.82 Å². The first kappa shape index (κ1) is 20.4. The van der Waals surface area contributed by atoms with E-state index in [4.69, 9.17) is 4.74 Å². The predicted molar refractivity (Wildman–Crippen MR) is 122 cm³/mol. The summed E-state index contributed by atoms with van der Waals surface area (Å²) < 4.78 is 6.14. The van der Waals surface area contributed by atoms with Gasteiger partial charge in [0.05, 0.1) is 17.1 Å². The molecule has 4 rings (SSSR count). The van der Waals surface area contributed by atoms with Crippen molar-refractivity contribution in [3.8, 4) is 0 Å². The Labute approximate surface area is 178 Å². The van der Waals surface area contributed by atoms with E-state index in [1.807, 2.05) is 25.2 Å². The number of hydrogen-bond donors (Lipinski definition) is 3. The standard InChI is InChI=1S/C24H31N5O/c1-17-9-11-18(12-10-17)23-19(6-5-15-30-23)16-27-24(25-2)26-14-13-22-28-20-7-3-4-8-21(20)29-22/h3-4,7-12,19,23H,5-6,13-16H2,1-2H3,(H,28,29)(H2,25,26,27).